The van der Waals surface area contributed by atoms with Crippen molar-refractivity contribution in [1.29, 1.82) is 0 Å². The second-order valence-electron chi connectivity index (χ2n) is 3.77. The van der Waals surface area contributed by atoms with Crippen molar-refractivity contribution >= 4 is 11.6 Å². The lowest BCUT2D eigenvalue weighted by molar-refractivity contribution is 0.0980. The quantitative estimate of drug-likeness (QED) is 0.674. The molecule has 0 spiro atoms. The van der Waals surface area contributed by atoms with Crippen LogP contribution in [0.15, 0.2) is 30.3 Å². The van der Waals surface area contributed by atoms with Crippen molar-refractivity contribution < 1.29 is 4.74 Å². The zero-order valence-electron chi connectivity index (χ0n) is 9.50. The van der Waals surface area contributed by atoms with Gasteiger partial charge in [-0.15, -0.1) is 11.6 Å². The van der Waals surface area contributed by atoms with Crippen LogP contribution in [0.1, 0.15) is 25.8 Å². The fourth-order valence-electron chi connectivity index (χ4n) is 1.69. The smallest absolute Gasteiger partial charge is 0.0574 e. The van der Waals surface area contributed by atoms with E-state index >= 15 is 0 Å². The van der Waals surface area contributed by atoms with Gasteiger partial charge in [-0.05, 0) is 18.9 Å². The van der Waals surface area contributed by atoms with Crippen LogP contribution >= 0.6 is 11.6 Å². The molecule has 0 saturated heterocycles. The van der Waals surface area contributed by atoms with E-state index in [1.807, 2.05) is 13.0 Å². The van der Waals surface area contributed by atoms with Crippen molar-refractivity contribution in [2.75, 3.05) is 19.1 Å². The first-order chi connectivity index (χ1) is 7.29. The molecule has 1 nitrogen and oxygen atoms in total. The Morgan fingerprint density at radius 1 is 1.20 bits per heavy atom. The predicted molar refractivity (Wildman–Crippen MR) is 65.6 cm³/mol. The number of benzene rings is 1. The Morgan fingerprint density at radius 2 is 1.87 bits per heavy atom. The molecular weight excluding hydrogens is 208 g/mol. The summed E-state index contributed by atoms with van der Waals surface area (Å²) in [6.07, 6.45) is 1.00. The molecule has 0 aliphatic carbocycles. The predicted octanol–water partition coefficient (Wildman–Crippen LogP) is 3.61. The van der Waals surface area contributed by atoms with E-state index in [2.05, 4.69) is 31.2 Å². The highest BCUT2D eigenvalue weighted by atomic mass is 35.5. The number of hydrogen-bond acceptors (Lipinski definition) is 1. The Balaban J connectivity index is 2.89. The van der Waals surface area contributed by atoms with Gasteiger partial charge >= 0.3 is 0 Å². The van der Waals surface area contributed by atoms with E-state index in [-0.39, 0.29) is 5.41 Å². The summed E-state index contributed by atoms with van der Waals surface area (Å²) in [6, 6.07) is 10.4. The van der Waals surface area contributed by atoms with Gasteiger partial charge in [0, 0.05) is 17.9 Å². The Bertz CT molecular complexity index is 267. The van der Waals surface area contributed by atoms with E-state index in [1.165, 1.54) is 5.56 Å². The van der Waals surface area contributed by atoms with E-state index < -0.39 is 0 Å². The molecule has 2 heteroatoms. The van der Waals surface area contributed by atoms with E-state index in [4.69, 9.17) is 16.3 Å². The van der Waals surface area contributed by atoms with E-state index in [1.54, 1.807) is 0 Å². The molecule has 0 aliphatic rings. The zero-order chi connectivity index (χ0) is 11.1. The number of alkyl halides is 1. The van der Waals surface area contributed by atoms with Crippen LogP contribution in [-0.2, 0) is 10.2 Å². The number of hydrogen-bond donors (Lipinski definition) is 0. The average molecular weight is 227 g/mol. The van der Waals surface area contributed by atoms with Crippen molar-refractivity contribution in [3.63, 3.8) is 0 Å². The third kappa shape index (κ3) is 2.96. The minimum atomic E-state index is -0.0289. The second kappa shape index (κ2) is 6.14. The molecule has 84 valence electrons. The second-order valence-corrected chi connectivity index (χ2v) is 4.04. The van der Waals surface area contributed by atoms with Gasteiger partial charge in [-0.1, -0.05) is 37.3 Å². The number of ether oxygens (including phenoxy) is 1. The summed E-state index contributed by atoms with van der Waals surface area (Å²) in [7, 11) is 0. The van der Waals surface area contributed by atoms with Gasteiger partial charge in [-0.25, -0.2) is 0 Å². The fraction of sp³-hybridized carbons (Fsp3) is 0.538. The standard InChI is InChI=1S/C13H19ClO/c1-3-13(10-14,11-15-4-2)12-8-6-5-7-9-12/h5-9H,3-4,10-11H2,1-2H3. The van der Waals surface area contributed by atoms with Crippen LogP contribution in [0.4, 0.5) is 0 Å². The van der Waals surface area contributed by atoms with Gasteiger partial charge in [-0.3, -0.25) is 0 Å². The zero-order valence-corrected chi connectivity index (χ0v) is 10.3. The summed E-state index contributed by atoms with van der Waals surface area (Å²) in [4.78, 5) is 0. The van der Waals surface area contributed by atoms with E-state index in [9.17, 15) is 0 Å². The van der Waals surface area contributed by atoms with Crippen LogP contribution in [0.25, 0.3) is 0 Å². The highest BCUT2D eigenvalue weighted by Crippen LogP contribution is 2.29. The van der Waals surface area contributed by atoms with Crippen LogP contribution < -0.4 is 0 Å². The summed E-state index contributed by atoms with van der Waals surface area (Å²) < 4.78 is 5.55. The largest absolute Gasteiger partial charge is 0.381 e. The molecule has 0 saturated carbocycles. The monoisotopic (exact) mass is 226 g/mol. The summed E-state index contributed by atoms with van der Waals surface area (Å²) in [5.41, 5.74) is 1.25. The summed E-state index contributed by atoms with van der Waals surface area (Å²) in [5, 5.41) is 0. The first-order valence-electron chi connectivity index (χ1n) is 5.48. The lowest BCUT2D eigenvalue weighted by atomic mass is 9.81. The molecule has 0 aromatic heterocycles. The average Bonchev–Trinajstić information content (AvgIpc) is 2.33. The molecule has 0 bridgehead atoms. The lowest BCUT2D eigenvalue weighted by Gasteiger charge is -2.30. The van der Waals surface area contributed by atoms with Crippen LogP contribution in [0, 0.1) is 0 Å². The van der Waals surface area contributed by atoms with E-state index in [0.29, 0.717) is 12.5 Å². The van der Waals surface area contributed by atoms with Crippen molar-refractivity contribution in [3.8, 4) is 0 Å². The SMILES string of the molecule is CCOCC(CC)(CCl)c1ccccc1. The molecule has 15 heavy (non-hydrogen) atoms. The van der Waals surface area contributed by atoms with Crippen molar-refractivity contribution in [2.45, 2.75) is 25.7 Å². The Labute approximate surface area is 97.4 Å². The molecule has 0 heterocycles. The van der Waals surface area contributed by atoms with Gasteiger partial charge in [0.2, 0.25) is 0 Å². The molecule has 0 N–H and O–H groups in total. The minimum Gasteiger partial charge on any atom is -0.381 e. The van der Waals surface area contributed by atoms with Crippen LogP contribution in [0.5, 0.6) is 0 Å². The molecule has 1 aromatic rings. The van der Waals surface area contributed by atoms with Gasteiger partial charge in [0.15, 0.2) is 0 Å². The van der Waals surface area contributed by atoms with Gasteiger partial charge in [0.25, 0.3) is 0 Å². The highest BCUT2D eigenvalue weighted by Gasteiger charge is 2.29. The molecule has 0 radical (unpaired) electrons. The minimum absolute atomic E-state index is 0.0289. The highest BCUT2D eigenvalue weighted by molar-refractivity contribution is 6.18. The summed E-state index contributed by atoms with van der Waals surface area (Å²) >= 11 is 6.11. The van der Waals surface area contributed by atoms with Crippen molar-refractivity contribution in [3.05, 3.63) is 35.9 Å². The van der Waals surface area contributed by atoms with Gasteiger partial charge < -0.3 is 4.74 Å². The van der Waals surface area contributed by atoms with Crippen molar-refractivity contribution in [1.82, 2.24) is 0 Å². The topological polar surface area (TPSA) is 9.23 Å². The summed E-state index contributed by atoms with van der Waals surface area (Å²) in [6.45, 7) is 5.62. The first kappa shape index (κ1) is 12.5. The van der Waals surface area contributed by atoms with E-state index in [0.717, 1.165) is 13.0 Å². The lowest BCUT2D eigenvalue weighted by Crippen LogP contribution is -2.33. The maximum Gasteiger partial charge on any atom is 0.0574 e. The molecule has 0 amide bonds. The molecule has 0 aliphatic heterocycles. The van der Waals surface area contributed by atoms with Gasteiger partial charge in [-0.2, -0.15) is 0 Å². The third-order valence-electron chi connectivity index (χ3n) is 2.90. The number of rotatable bonds is 6. The molecule has 1 unspecified atom stereocenters. The van der Waals surface area contributed by atoms with Crippen LogP contribution in [0.3, 0.4) is 0 Å². The van der Waals surface area contributed by atoms with Gasteiger partial charge in [0.05, 0.1) is 6.61 Å². The van der Waals surface area contributed by atoms with Gasteiger partial charge in [0.1, 0.15) is 0 Å². The molecule has 1 aromatic carbocycles. The summed E-state index contributed by atoms with van der Waals surface area (Å²) in [5.74, 6) is 0.605. The van der Waals surface area contributed by atoms with Crippen LogP contribution in [-0.4, -0.2) is 19.1 Å². The molecular formula is C13H19ClO. The first-order valence-corrected chi connectivity index (χ1v) is 6.01. The third-order valence-corrected chi connectivity index (χ3v) is 3.41. The molecule has 1 atom stereocenters. The maximum atomic E-state index is 6.11. The Kier molecular flexibility index (Phi) is 5.13. The van der Waals surface area contributed by atoms with Crippen molar-refractivity contribution in [2.24, 2.45) is 0 Å². The fourth-order valence-corrected chi connectivity index (χ4v) is 2.11. The maximum absolute atomic E-state index is 6.11. The molecule has 0 fully saturated rings. The molecule has 1 rings (SSSR count). The Hall–Kier alpha value is -0.530. The number of halogens is 1. The van der Waals surface area contributed by atoms with Crippen LogP contribution in [0.2, 0.25) is 0 Å². The Morgan fingerprint density at radius 3 is 2.33 bits per heavy atom. The normalized spacial score (nSPS) is 14.9.